The number of hydrogen-bond acceptors (Lipinski definition) is 4. The Balaban J connectivity index is 4.01. The number of nitrogens with one attached hydrogen (secondary N) is 2. The van der Waals surface area contributed by atoms with Crippen LogP contribution in [0.3, 0.4) is 0 Å². The summed E-state index contributed by atoms with van der Waals surface area (Å²) < 4.78 is 0. The molecule has 0 aromatic heterocycles. The quantitative estimate of drug-likeness (QED) is 0.586. The van der Waals surface area contributed by atoms with Crippen LogP contribution in [0, 0.1) is 0 Å². The third-order valence-electron chi connectivity index (χ3n) is 2.25. The summed E-state index contributed by atoms with van der Waals surface area (Å²) in [5.74, 6) is -0.360. The molecule has 0 aliphatic heterocycles. The van der Waals surface area contributed by atoms with Crippen molar-refractivity contribution in [3.63, 3.8) is 0 Å². The topological polar surface area (TPSA) is 81.7 Å². The summed E-state index contributed by atoms with van der Waals surface area (Å²) in [5, 5.41) is 13.6. The monoisotopic (exact) mass is 245 g/mol. The van der Waals surface area contributed by atoms with Gasteiger partial charge in [0.05, 0.1) is 13.2 Å². The van der Waals surface area contributed by atoms with Crippen molar-refractivity contribution in [1.29, 1.82) is 0 Å². The highest BCUT2D eigenvalue weighted by Gasteiger charge is 2.14. The summed E-state index contributed by atoms with van der Waals surface area (Å²) in [6, 6.07) is -0.323. The average Bonchev–Trinajstić information content (AvgIpc) is 2.25. The Kier molecular flexibility index (Phi) is 8.35. The number of carbonyl (C=O) groups is 2. The molecule has 0 bridgehead atoms. The lowest BCUT2D eigenvalue weighted by atomic mass is 10.3. The molecule has 0 fully saturated rings. The van der Waals surface area contributed by atoms with Crippen molar-refractivity contribution in [1.82, 2.24) is 15.5 Å². The second-order valence-electron chi connectivity index (χ2n) is 4.09. The second kappa shape index (κ2) is 8.95. The fourth-order valence-corrected chi connectivity index (χ4v) is 1.28. The van der Waals surface area contributed by atoms with Crippen LogP contribution in [0.2, 0.25) is 0 Å². The van der Waals surface area contributed by atoms with Gasteiger partial charge in [0.1, 0.15) is 0 Å². The van der Waals surface area contributed by atoms with Crippen molar-refractivity contribution in [3.8, 4) is 0 Å². The molecule has 0 aromatic carbocycles. The third kappa shape index (κ3) is 7.70. The van der Waals surface area contributed by atoms with E-state index in [1.54, 1.807) is 4.90 Å². The van der Waals surface area contributed by atoms with Gasteiger partial charge in [-0.3, -0.25) is 15.0 Å². The number of hydrogen-bond donors (Lipinski definition) is 3. The first kappa shape index (κ1) is 15.9. The summed E-state index contributed by atoms with van der Waals surface area (Å²) in [7, 11) is 0. The Morgan fingerprint density at radius 1 is 1.35 bits per heavy atom. The van der Waals surface area contributed by atoms with Crippen LogP contribution in [0.1, 0.15) is 27.2 Å². The molecule has 0 unspecified atom stereocenters. The molecule has 0 atom stereocenters. The lowest BCUT2D eigenvalue weighted by Crippen LogP contribution is -2.46. The van der Waals surface area contributed by atoms with Gasteiger partial charge in [0, 0.05) is 19.1 Å². The van der Waals surface area contributed by atoms with E-state index >= 15 is 0 Å². The molecule has 100 valence electrons. The highest BCUT2D eigenvalue weighted by atomic mass is 16.3. The lowest BCUT2D eigenvalue weighted by molar-refractivity contribution is -0.121. The Labute approximate surface area is 102 Å². The van der Waals surface area contributed by atoms with Crippen LogP contribution < -0.4 is 10.6 Å². The van der Waals surface area contributed by atoms with Gasteiger partial charge in [-0.25, -0.2) is 4.79 Å². The van der Waals surface area contributed by atoms with Gasteiger partial charge >= 0.3 is 6.03 Å². The SMILES string of the molecule is CCCNC(=O)NC(=O)CN(CCO)C(C)C. The van der Waals surface area contributed by atoms with Gasteiger partial charge in [-0.1, -0.05) is 6.92 Å². The highest BCUT2D eigenvalue weighted by Crippen LogP contribution is 1.96. The zero-order chi connectivity index (χ0) is 13.3. The molecule has 0 spiro atoms. The van der Waals surface area contributed by atoms with Gasteiger partial charge in [-0.15, -0.1) is 0 Å². The van der Waals surface area contributed by atoms with Crippen LogP contribution in [-0.4, -0.2) is 54.2 Å². The molecule has 0 saturated carbocycles. The number of urea groups is 1. The molecule has 0 radical (unpaired) electrons. The first-order chi connectivity index (χ1) is 8.01. The van der Waals surface area contributed by atoms with Crippen LogP contribution in [0.5, 0.6) is 0 Å². The van der Waals surface area contributed by atoms with Gasteiger partial charge in [-0.05, 0) is 20.3 Å². The minimum absolute atomic E-state index is 0.00646. The first-order valence-electron chi connectivity index (χ1n) is 5.93. The predicted octanol–water partition coefficient (Wildman–Crippen LogP) is -0.0751. The molecule has 17 heavy (non-hydrogen) atoms. The number of nitrogens with zero attached hydrogens (tertiary/aromatic N) is 1. The molecule has 6 nitrogen and oxygen atoms in total. The van der Waals surface area contributed by atoms with Gasteiger partial charge in [0.2, 0.25) is 5.91 Å². The normalized spacial score (nSPS) is 10.7. The molecular weight excluding hydrogens is 222 g/mol. The number of imide groups is 1. The maximum Gasteiger partial charge on any atom is 0.321 e. The van der Waals surface area contributed by atoms with E-state index in [2.05, 4.69) is 10.6 Å². The summed E-state index contributed by atoms with van der Waals surface area (Å²) in [4.78, 5) is 24.5. The number of aliphatic hydroxyl groups excluding tert-OH is 1. The molecular formula is C11H23N3O3. The van der Waals surface area contributed by atoms with E-state index in [0.29, 0.717) is 13.1 Å². The molecule has 0 rings (SSSR count). The zero-order valence-corrected chi connectivity index (χ0v) is 10.8. The van der Waals surface area contributed by atoms with E-state index in [1.807, 2.05) is 20.8 Å². The van der Waals surface area contributed by atoms with Crippen LogP contribution >= 0.6 is 0 Å². The molecule has 3 amide bonds. The van der Waals surface area contributed by atoms with Gasteiger partial charge in [0.25, 0.3) is 0 Å². The molecule has 0 aromatic rings. The van der Waals surface area contributed by atoms with Crippen molar-refractivity contribution >= 4 is 11.9 Å². The van der Waals surface area contributed by atoms with Crippen molar-refractivity contribution in [3.05, 3.63) is 0 Å². The lowest BCUT2D eigenvalue weighted by Gasteiger charge is -2.24. The highest BCUT2D eigenvalue weighted by molar-refractivity contribution is 5.95. The Morgan fingerprint density at radius 2 is 2.00 bits per heavy atom. The van der Waals surface area contributed by atoms with E-state index in [1.165, 1.54) is 0 Å². The summed E-state index contributed by atoms with van der Waals surface area (Å²) >= 11 is 0. The standard InChI is InChI=1S/C11H23N3O3/c1-4-5-12-11(17)13-10(16)8-14(6-7-15)9(2)3/h9,15H,4-8H2,1-3H3,(H2,12,13,16,17). The second-order valence-corrected chi connectivity index (χ2v) is 4.09. The van der Waals surface area contributed by atoms with Crippen LogP contribution in [-0.2, 0) is 4.79 Å². The number of amides is 3. The number of carbonyl (C=O) groups excluding carboxylic acids is 2. The van der Waals surface area contributed by atoms with E-state index < -0.39 is 6.03 Å². The fourth-order valence-electron chi connectivity index (χ4n) is 1.28. The largest absolute Gasteiger partial charge is 0.395 e. The summed E-state index contributed by atoms with van der Waals surface area (Å²) in [6.45, 7) is 6.86. The van der Waals surface area contributed by atoms with E-state index in [-0.39, 0.29) is 25.1 Å². The third-order valence-corrected chi connectivity index (χ3v) is 2.25. The summed E-state index contributed by atoms with van der Waals surface area (Å²) in [6.07, 6.45) is 0.824. The Bertz CT molecular complexity index is 244. The molecule has 0 heterocycles. The zero-order valence-electron chi connectivity index (χ0n) is 10.8. The van der Waals surface area contributed by atoms with Crippen LogP contribution in [0.25, 0.3) is 0 Å². The Morgan fingerprint density at radius 3 is 2.47 bits per heavy atom. The smallest absolute Gasteiger partial charge is 0.321 e. The summed E-state index contributed by atoms with van der Waals surface area (Å²) in [5.41, 5.74) is 0. The van der Waals surface area contributed by atoms with Gasteiger partial charge in [-0.2, -0.15) is 0 Å². The first-order valence-corrected chi connectivity index (χ1v) is 5.93. The minimum atomic E-state index is -0.468. The maximum atomic E-state index is 11.5. The van der Waals surface area contributed by atoms with Crippen molar-refractivity contribution in [2.75, 3.05) is 26.2 Å². The van der Waals surface area contributed by atoms with Crippen molar-refractivity contribution < 1.29 is 14.7 Å². The number of rotatable bonds is 7. The molecule has 0 aliphatic carbocycles. The number of aliphatic hydroxyl groups is 1. The van der Waals surface area contributed by atoms with E-state index in [9.17, 15) is 9.59 Å². The maximum absolute atomic E-state index is 11.5. The van der Waals surface area contributed by atoms with Crippen molar-refractivity contribution in [2.24, 2.45) is 0 Å². The molecule has 6 heteroatoms. The van der Waals surface area contributed by atoms with E-state index in [0.717, 1.165) is 6.42 Å². The molecule has 0 saturated heterocycles. The fraction of sp³-hybridized carbons (Fsp3) is 0.818. The van der Waals surface area contributed by atoms with Gasteiger partial charge in [0.15, 0.2) is 0 Å². The van der Waals surface area contributed by atoms with Crippen LogP contribution in [0.4, 0.5) is 4.79 Å². The van der Waals surface area contributed by atoms with Gasteiger partial charge < -0.3 is 10.4 Å². The molecule has 3 N–H and O–H groups in total. The predicted molar refractivity (Wildman–Crippen MR) is 65.6 cm³/mol. The molecule has 0 aliphatic rings. The average molecular weight is 245 g/mol. The Hall–Kier alpha value is -1.14. The minimum Gasteiger partial charge on any atom is -0.395 e. The van der Waals surface area contributed by atoms with E-state index in [4.69, 9.17) is 5.11 Å². The van der Waals surface area contributed by atoms with Crippen LogP contribution in [0.15, 0.2) is 0 Å². The van der Waals surface area contributed by atoms with Crippen molar-refractivity contribution in [2.45, 2.75) is 33.2 Å².